The maximum atomic E-state index is 14.1. The van der Waals surface area contributed by atoms with E-state index in [0.29, 0.717) is 11.3 Å². The zero-order valence-electron chi connectivity index (χ0n) is 11.9. The van der Waals surface area contributed by atoms with Crippen molar-refractivity contribution in [1.29, 1.82) is 0 Å². The molecule has 106 valence electrons. The Hall–Kier alpha value is -1.84. The van der Waals surface area contributed by atoms with E-state index in [1.807, 2.05) is 6.92 Å². The minimum Gasteiger partial charge on any atom is -0.496 e. The Labute approximate surface area is 118 Å². The number of aromatic nitrogens is 1. The Bertz CT molecular complexity index is 655. The predicted molar refractivity (Wildman–Crippen MR) is 79.1 cm³/mol. The van der Waals surface area contributed by atoms with E-state index < -0.39 is 0 Å². The molecule has 0 fully saturated rings. The first-order valence-electron chi connectivity index (χ1n) is 7.18. The van der Waals surface area contributed by atoms with Gasteiger partial charge >= 0.3 is 0 Å². The third-order valence-corrected chi connectivity index (χ3v) is 3.90. The number of nitrogens with one attached hydrogen (secondary N) is 1. The third-order valence-electron chi connectivity index (χ3n) is 3.90. The van der Waals surface area contributed by atoms with Gasteiger partial charge in [0, 0.05) is 12.2 Å². The number of hydrogen-bond donors (Lipinski definition) is 1. The fourth-order valence-electron chi connectivity index (χ4n) is 3.01. The topological polar surface area (TPSA) is 34.2 Å². The van der Waals surface area contributed by atoms with E-state index in [0.717, 1.165) is 49.0 Å². The van der Waals surface area contributed by atoms with Crippen molar-refractivity contribution in [3.05, 3.63) is 29.2 Å². The van der Waals surface area contributed by atoms with Gasteiger partial charge < -0.3 is 10.1 Å². The van der Waals surface area contributed by atoms with Gasteiger partial charge in [0.05, 0.1) is 18.2 Å². The number of methoxy groups -OCH3 is 1. The summed E-state index contributed by atoms with van der Waals surface area (Å²) in [5, 5.41) is 4.17. The number of aryl methyl sites for hydroxylation is 1. The molecule has 0 aliphatic heterocycles. The van der Waals surface area contributed by atoms with Crippen molar-refractivity contribution < 1.29 is 9.13 Å². The molecule has 0 spiro atoms. The molecule has 1 aliphatic rings. The maximum absolute atomic E-state index is 14.1. The van der Waals surface area contributed by atoms with Crippen LogP contribution >= 0.6 is 0 Å². The van der Waals surface area contributed by atoms with Crippen molar-refractivity contribution in [2.75, 3.05) is 19.0 Å². The van der Waals surface area contributed by atoms with E-state index in [1.54, 1.807) is 13.2 Å². The fourth-order valence-corrected chi connectivity index (χ4v) is 3.01. The number of pyridine rings is 1. The summed E-state index contributed by atoms with van der Waals surface area (Å²) < 4.78 is 19.6. The molecule has 0 amide bonds. The summed E-state index contributed by atoms with van der Waals surface area (Å²) in [5.41, 5.74) is 3.69. The normalized spacial score (nSPS) is 14.2. The molecule has 0 saturated heterocycles. The average Bonchev–Trinajstić information content (AvgIpc) is 2.48. The van der Waals surface area contributed by atoms with Crippen LogP contribution in [0.4, 0.5) is 10.1 Å². The molecule has 0 bridgehead atoms. The van der Waals surface area contributed by atoms with Crippen molar-refractivity contribution in [2.45, 2.75) is 32.6 Å². The van der Waals surface area contributed by atoms with Crippen molar-refractivity contribution in [1.82, 2.24) is 4.98 Å². The van der Waals surface area contributed by atoms with E-state index in [4.69, 9.17) is 4.74 Å². The van der Waals surface area contributed by atoms with E-state index in [2.05, 4.69) is 10.3 Å². The summed E-state index contributed by atoms with van der Waals surface area (Å²) in [5.74, 6) is 0.395. The number of ether oxygens (including phenoxy) is 1. The molecule has 3 rings (SSSR count). The SMILES string of the molecule is CCNc1c2c(nc3c(F)ccc(OC)c13)CCCC2. The first-order chi connectivity index (χ1) is 9.76. The van der Waals surface area contributed by atoms with E-state index in [-0.39, 0.29) is 5.82 Å². The summed E-state index contributed by atoms with van der Waals surface area (Å²) in [6, 6.07) is 3.11. The van der Waals surface area contributed by atoms with Crippen molar-refractivity contribution in [3.8, 4) is 5.75 Å². The highest BCUT2D eigenvalue weighted by atomic mass is 19.1. The van der Waals surface area contributed by atoms with Gasteiger partial charge in [-0.3, -0.25) is 0 Å². The molecular formula is C16H19FN2O. The molecular weight excluding hydrogens is 255 g/mol. The summed E-state index contributed by atoms with van der Waals surface area (Å²) in [6.07, 6.45) is 4.22. The average molecular weight is 274 g/mol. The number of halogens is 1. The number of rotatable bonds is 3. The highest BCUT2D eigenvalue weighted by Crippen LogP contribution is 2.39. The molecule has 1 aromatic carbocycles. The van der Waals surface area contributed by atoms with Crippen LogP contribution in [0.5, 0.6) is 5.75 Å². The molecule has 1 aromatic heterocycles. The van der Waals surface area contributed by atoms with Crippen LogP contribution in [0.1, 0.15) is 31.0 Å². The number of nitrogens with zero attached hydrogens (tertiary/aromatic N) is 1. The van der Waals surface area contributed by atoms with Gasteiger partial charge in [0.15, 0.2) is 0 Å². The van der Waals surface area contributed by atoms with Crippen LogP contribution in [0.2, 0.25) is 0 Å². The molecule has 1 heterocycles. The molecule has 0 atom stereocenters. The van der Waals surface area contributed by atoms with Crippen LogP contribution in [0.15, 0.2) is 12.1 Å². The molecule has 4 heteroatoms. The summed E-state index contributed by atoms with van der Waals surface area (Å²) in [7, 11) is 1.61. The van der Waals surface area contributed by atoms with Gasteiger partial charge in [0.25, 0.3) is 0 Å². The lowest BCUT2D eigenvalue weighted by Crippen LogP contribution is -2.12. The van der Waals surface area contributed by atoms with Crippen LogP contribution < -0.4 is 10.1 Å². The Morgan fingerprint density at radius 1 is 1.30 bits per heavy atom. The summed E-state index contributed by atoms with van der Waals surface area (Å²) in [6.45, 7) is 2.85. The first kappa shape index (κ1) is 13.2. The Kier molecular flexibility index (Phi) is 3.47. The first-order valence-corrected chi connectivity index (χ1v) is 7.18. The highest BCUT2D eigenvalue weighted by molar-refractivity contribution is 5.98. The standard InChI is InChI=1S/C16H19FN2O/c1-3-18-15-10-6-4-5-7-12(10)19-16-11(17)8-9-13(20-2)14(15)16/h8-9H,3-7H2,1-2H3,(H,18,19). The summed E-state index contributed by atoms with van der Waals surface area (Å²) in [4.78, 5) is 4.57. The zero-order chi connectivity index (χ0) is 14.1. The van der Waals surface area contributed by atoms with Crippen molar-refractivity contribution >= 4 is 16.6 Å². The molecule has 3 nitrogen and oxygen atoms in total. The zero-order valence-corrected chi connectivity index (χ0v) is 11.9. The molecule has 0 saturated carbocycles. The fraction of sp³-hybridized carbons (Fsp3) is 0.438. The predicted octanol–water partition coefficient (Wildman–Crippen LogP) is 3.69. The minimum atomic E-state index is -0.284. The van der Waals surface area contributed by atoms with Gasteiger partial charge in [-0.2, -0.15) is 0 Å². The van der Waals surface area contributed by atoms with Crippen molar-refractivity contribution in [2.24, 2.45) is 0 Å². The molecule has 0 radical (unpaired) electrons. The lowest BCUT2D eigenvalue weighted by atomic mass is 9.92. The third kappa shape index (κ3) is 1.99. The van der Waals surface area contributed by atoms with E-state index in [9.17, 15) is 4.39 Å². The Morgan fingerprint density at radius 3 is 2.85 bits per heavy atom. The lowest BCUT2D eigenvalue weighted by molar-refractivity contribution is 0.419. The van der Waals surface area contributed by atoms with Gasteiger partial charge in [0.1, 0.15) is 17.1 Å². The second-order valence-electron chi connectivity index (χ2n) is 5.12. The van der Waals surface area contributed by atoms with Crippen LogP contribution in [-0.4, -0.2) is 18.6 Å². The molecule has 1 aliphatic carbocycles. The monoisotopic (exact) mass is 274 g/mol. The Balaban J connectivity index is 2.38. The van der Waals surface area contributed by atoms with Crippen LogP contribution in [0.3, 0.4) is 0 Å². The van der Waals surface area contributed by atoms with Gasteiger partial charge in [-0.25, -0.2) is 9.37 Å². The molecule has 2 aromatic rings. The minimum absolute atomic E-state index is 0.284. The number of fused-ring (bicyclic) bond motifs is 2. The Morgan fingerprint density at radius 2 is 2.10 bits per heavy atom. The van der Waals surface area contributed by atoms with Crippen LogP contribution in [0, 0.1) is 5.82 Å². The molecule has 20 heavy (non-hydrogen) atoms. The second-order valence-corrected chi connectivity index (χ2v) is 5.12. The molecule has 1 N–H and O–H groups in total. The number of anilines is 1. The van der Waals surface area contributed by atoms with E-state index >= 15 is 0 Å². The molecule has 0 unspecified atom stereocenters. The largest absolute Gasteiger partial charge is 0.496 e. The van der Waals surface area contributed by atoms with Gasteiger partial charge in [-0.1, -0.05) is 0 Å². The maximum Gasteiger partial charge on any atom is 0.149 e. The number of benzene rings is 1. The smallest absolute Gasteiger partial charge is 0.149 e. The van der Waals surface area contributed by atoms with Crippen molar-refractivity contribution in [3.63, 3.8) is 0 Å². The quantitative estimate of drug-likeness (QED) is 0.926. The van der Waals surface area contributed by atoms with Gasteiger partial charge in [-0.15, -0.1) is 0 Å². The lowest BCUT2D eigenvalue weighted by Gasteiger charge is -2.22. The van der Waals surface area contributed by atoms with E-state index in [1.165, 1.54) is 11.6 Å². The highest BCUT2D eigenvalue weighted by Gasteiger charge is 2.21. The van der Waals surface area contributed by atoms with Crippen LogP contribution in [0.25, 0.3) is 10.9 Å². The van der Waals surface area contributed by atoms with Crippen LogP contribution in [-0.2, 0) is 12.8 Å². The van der Waals surface area contributed by atoms with Gasteiger partial charge in [0.2, 0.25) is 0 Å². The second kappa shape index (κ2) is 5.27. The van der Waals surface area contributed by atoms with Gasteiger partial charge in [-0.05, 0) is 50.3 Å². The number of hydrogen-bond acceptors (Lipinski definition) is 3. The summed E-state index contributed by atoms with van der Waals surface area (Å²) >= 11 is 0.